The summed E-state index contributed by atoms with van der Waals surface area (Å²) in [7, 11) is -4.39. The summed E-state index contributed by atoms with van der Waals surface area (Å²) in [5.41, 5.74) is 2.39. The molecule has 3 aromatic carbocycles. The van der Waals surface area contributed by atoms with Crippen molar-refractivity contribution in [3.8, 4) is 0 Å². The Kier molecular flexibility index (Phi) is 9.40. The van der Waals surface area contributed by atoms with Gasteiger partial charge < -0.3 is 14.7 Å². The first-order chi connectivity index (χ1) is 19.6. The second-order valence-electron chi connectivity index (χ2n) is 11.5. The van der Waals surface area contributed by atoms with Crippen LogP contribution in [-0.4, -0.2) is 44.1 Å². The molecule has 4 rings (SSSR count). The van der Waals surface area contributed by atoms with Gasteiger partial charge in [-0.05, 0) is 54.7 Å². The number of nitrogens with zero attached hydrogens (tertiary/aromatic N) is 1. The van der Waals surface area contributed by atoms with E-state index in [9.17, 15) is 23.1 Å². The summed E-state index contributed by atoms with van der Waals surface area (Å²) in [4.78, 5) is 28.5. The number of carbonyl (C=O) groups excluding carboxylic acids is 1. The van der Waals surface area contributed by atoms with Crippen molar-refractivity contribution in [1.29, 1.82) is 0 Å². The number of rotatable bonds is 8. The summed E-state index contributed by atoms with van der Waals surface area (Å²) in [5.74, 6) is -2.28. The number of aliphatic carboxylic acids is 1. The fraction of sp³-hybridized carbons (Fsp3) is 0.355. The number of anilines is 1. The molecule has 1 aliphatic rings. The quantitative estimate of drug-likeness (QED) is 0.307. The molecular formula is C31H34Cl2N2O6S. The maximum Gasteiger partial charge on any atom is 0.325 e. The van der Waals surface area contributed by atoms with Crippen molar-refractivity contribution in [3.05, 3.63) is 93.0 Å². The van der Waals surface area contributed by atoms with E-state index in [0.717, 1.165) is 5.56 Å². The lowest BCUT2D eigenvalue weighted by Gasteiger charge is -2.32. The molecule has 0 aromatic heterocycles. The lowest BCUT2D eigenvalue weighted by molar-refractivity contribution is -0.150. The van der Waals surface area contributed by atoms with Crippen molar-refractivity contribution >= 4 is 50.8 Å². The molecule has 3 aromatic rings. The number of hydrogen-bond donors (Lipinski definition) is 2. The number of aryl methyl sites for hydroxylation is 2. The van der Waals surface area contributed by atoms with Crippen molar-refractivity contribution in [2.24, 2.45) is 5.41 Å². The Morgan fingerprint density at radius 2 is 1.76 bits per heavy atom. The highest BCUT2D eigenvalue weighted by atomic mass is 35.5. The molecule has 1 amide bonds. The van der Waals surface area contributed by atoms with Crippen LogP contribution in [0.2, 0.25) is 10.0 Å². The molecule has 42 heavy (non-hydrogen) atoms. The van der Waals surface area contributed by atoms with Crippen LogP contribution >= 0.6 is 23.2 Å². The molecule has 1 heterocycles. The average molecular weight is 634 g/mol. The predicted molar refractivity (Wildman–Crippen MR) is 164 cm³/mol. The van der Waals surface area contributed by atoms with E-state index in [-0.39, 0.29) is 11.4 Å². The minimum absolute atomic E-state index is 0.0628. The van der Waals surface area contributed by atoms with Gasteiger partial charge in [0.1, 0.15) is 6.10 Å². The molecule has 224 valence electrons. The number of hydrogen-bond acceptors (Lipinski definition) is 5. The average Bonchev–Trinajstić information content (AvgIpc) is 3.01. The predicted octanol–water partition coefficient (Wildman–Crippen LogP) is 6.16. The van der Waals surface area contributed by atoms with E-state index in [4.69, 9.17) is 27.9 Å². The first kappa shape index (κ1) is 32.0. The van der Waals surface area contributed by atoms with Gasteiger partial charge in [-0.1, -0.05) is 86.8 Å². The summed E-state index contributed by atoms with van der Waals surface area (Å²) in [6.07, 6.45) is -2.40. The molecule has 1 aliphatic heterocycles. The van der Waals surface area contributed by atoms with Gasteiger partial charge in [0.15, 0.2) is 12.1 Å². The number of benzene rings is 3. The third-order valence-electron chi connectivity index (χ3n) is 6.91. The zero-order valence-corrected chi connectivity index (χ0v) is 26.3. The second kappa shape index (κ2) is 12.3. The molecule has 0 saturated carbocycles. The second-order valence-corrected chi connectivity index (χ2v) is 14.1. The molecule has 0 saturated heterocycles. The number of nitrogens with one attached hydrogen (secondary N) is 1. The van der Waals surface area contributed by atoms with Crippen LogP contribution in [0.25, 0.3) is 0 Å². The molecule has 0 aliphatic carbocycles. The van der Waals surface area contributed by atoms with Gasteiger partial charge in [0.05, 0.1) is 4.90 Å². The topological polar surface area (TPSA) is 113 Å². The van der Waals surface area contributed by atoms with Crippen molar-refractivity contribution < 1.29 is 27.9 Å². The molecule has 8 nitrogen and oxygen atoms in total. The molecule has 0 radical (unpaired) electrons. The summed E-state index contributed by atoms with van der Waals surface area (Å²) in [6, 6.07) is 14.6. The van der Waals surface area contributed by atoms with Crippen LogP contribution in [0.4, 0.5) is 5.69 Å². The number of fused-ring (bicyclic) bond motifs is 1. The zero-order chi connectivity index (χ0) is 31.0. The first-order valence-electron chi connectivity index (χ1n) is 13.5. The Labute approximate surface area is 256 Å². The normalized spacial score (nSPS) is 18.4. The Balaban J connectivity index is 1.90. The highest BCUT2D eigenvalue weighted by Gasteiger charge is 2.46. The third-order valence-corrected chi connectivity index (χ3v) is 9.03. The standard InChI is InChI=1S/C31H34Cl2N2O6S/c1-6-19-15-18(2)11-14-25(19)42(39,40)34-26(30(37)38)28-29(36)35(17-31(3,4)5)24-13-12-20(32)16-22(24)27(41-28)21-9-7-8-10-23(21)33/h7-16,26-28,34H,6,17H2,1-5H3,(H,37,38)/t26?,27-,28-/m0/s1. The SMILES string of the molecule is CCc1cc(C)ccc1S(=O)(=O)NC(C(=O)O)[C@@H]1O[C@@H](c2ccccc2Cl)c2cc(Cl)ccc2N(CC(C)(C)C)C1=O. The van der Waals surface area contributed by atoms with E-state index < -0.39 is 45.6 Å². The highest BCUT2D eigenvalue weighted by Crippen LogP contribution is 2.42. The number of amides is 1. The minimum Gasteiger partial charge on any atom is -0.480 e. The molecule has 0 bridgehead atoms. The molecule has 0 fully saturated rings. The van der Waals surface area contributed by atoms with Gasteiger partial charge in [0, 0.05) is 33.4 Å². The molecule has 11 heteroatoms. The van der Waals surface area contributed by atoms with Gasteiger partial charge in [-0.3, -0.25) is 9.59 Å². The maximum atomic E-state index is 14.3. The molecule has 3 atom stereocenters. The lowest BCUT2D eigenvalue weighted by atomic mass is 9.94. The van der Waals surface area contributed by atoms with Crippen LogP contribution in [0.15, 0.2) is 65.6 Å². The van der Waals surface area contributed by atoms with E-state index in [1.165, 1.54) is 11.0 Å². The molecule has 0 spiro atoms. The Bertz CT molecular complexity index is 1620. The fourth-order valence-corrected chi connectivity index (χ4v) is 6.93. The number of carboxylic acid groups (broad SMARTS) is 1. The van der Waals surface area contributed by atoms with E-state index in [1.54, 1.807) is 61.5 Å². The van der Waals surface area contributed by atoms with E-state index in [1.807, 2.05) is 27.7 Å². The maximum absolute atomic E-state index is 14.3. The van der Waals surface area contributed by atoms with Gasteiger partial charge >= 0.3 is 5.97 Å². The van der Waals surface area contributed by atoms with Gasteiger partial charge in [-0.15, -0.1) is 0 Å². The number of carboxylic acids is 1. The summed E-state index contributed by atoms with van der Waals surface area (Å²) >= 11 is 13.0. The molecule has 1 unspecified atom stereocenters. The van der Waals surface area contributed by atoms with Crippen molar-refractivity contribution in [3.63, 3.8) is 0 Å². The molecular weight excluding hydrogens is 599 g/mol. The summed E-state index contributed by atoms with van der Waals surface area (Å²) in [6.45, 7) is 9.63. The Morgan fingerprint density at radius 1 is 1.07 bits per heavy atom. The van der Waals surface area contributed by atoms with Gasteiger partial charge in [0.2, 0.25) is 10.0 Å². The van der Waals surface area contributed by atoms with Crippen LogP contribution in [0, 0.1) is 12.3 Å². The first-order valence-corrected chi connectivity index (χ1v) is 15.7. The van der Waals surface area contributed by atoms with Gasteiger partial charge in [-0.25, -0.2) is 8.42 Å². The van der Waals surface area contributed by atoms with E-state index in [0.29, 0.717) is 38.8 Å². The van der Waals surface area contributed by atoms with Crippen LogP contribution in [0.5, 0.6) is 0 Å². The van der Waals surface area contributed by atoms with Gasteiger partial charge in [-0.2, -0.15) is 4.72 Å². The van der Waals surface area contributed by atoms with Crippen LogP contribution in [-0.2, 0) is 30.8 Å². The zero-order valence-electron chi connectivity index (χ0n) is 24.0. The fourth-order valence-electron chi connectivity index (χ4n) is 5.04. The monoisotopic (exact) mass is 632 g/mol. The summed E-state index contributed by atoms with van der Waals surface area (Å²) in [5, 5.41) is 11.1. The number of sulfonamides is 1. The number of halogens is 2. The van der Waals surface area contributed by atoms with Crippen molar-refractivity contribution in [1.82, 2.24) is 4.72 Å². The smallest absolute Gasteiger partial charge is 0.325 e. The highest BCUT2D eigenvalue weighted by molar-refractivity contribution is 7.89. The van der Waals surface area contributed by atoms with Crippen molar-refractivity contribution in [2.45, 2.75) is 64.2 Å². The van der Waals surface area contributed by atoms with Crippen LogP contribution < -0.4 is 9.62 Å². The minimum atomic E-state index is -4.39. The van der Waals surface area contributed by atoms with E-state index >= 15 is 0 Å². The molecule has 2 N–H and O–H groups in total. The number of carbonyl (C=O) groups is 2. The van der Waals surface area contributed by atoms with Gasteiger partial charge in [0.25, 0.3) is 5.91 Å². The third kappa shape index (κ3) is 6.82. The largest absolute Gasteiger partial charge is 0.480 e. The van der Waals surface area contributed by atoms with Crippen molar-refractivity contribution in [2.75, 3.05) is 11.4 Å². The van der Waals surface area contributed by atoms with E-state index in [2.05, 4.69) is 4.72 Å². The van der Waals surface area contributed by atoms with Crippen LogP contribution in [0.3, 0.4) is 0 Å². The summed E-state index contributed by atoms with van der Waals surface area (Å²) < 4.78 is 36.0. The number of ether oxygens (including phenoxy) is 1. The Hall–Kier alpha value is -2.95. The lowest BCUT2D eigenvalue weighted by Crippen LogP contribution is -2.56. The van der Waals surface area contributed by atoms with Crippen LogP contribution in [0.1, 0.15) is 56.1 Å². The Morgan fingerprint density at radius 3 is 2.38 bits per heavy atom.